The van der Waals surface area contributed by atoms with E-state index in [4.69, 9.17) is 0 Å². The van der Waals surface area contributed by atoms with Crippen LogP contribution in [0, 0.1) is 0 Å². The van der Waals surface area contributed by atoms with E-state index in [9.17, 15) is 0 Å². The van der Waals surface area contributed by atoms with E-state index in [0.29, 0.717) is 6.04 Å². The van der Waals surface area contributed by atoms with Gasteiger partial charge >= 0.3 is 0 Å². The van der Waals surface area contributed by atoms with Crippen molar-refractivity contribution in [3.8, 4) is 0 Å². The number of thioether (sulfide) groups is 1. The van der Waals surface area contributed by atoms with E-state index < -0.39 is 0 Å². The van der Waals surface area contributed by atoms with Crippen molar-refractivity contribution >= 4 is 11.8 Å². The molecule has 1 aromatic carbocycles. The first-order valence-electron chi connectivity index (χ1n) is 7.64. The van der Waals surface area contributed by atoms with Gasteiger partial charge in [0.2, 0.25) is 0 Å². The number of nitrogens with one attached hydrogen (secondary N) is 1. The zero-order valence-corrected chi connectivity index (χ0v) is 13.4. The molecule has 0 aromatic heterocycles. The molecular weight excluding hydrogens is 250 g/mol. The van der Waals surface area contributed by atoms with Gasteiger partial charge in [-0.25, -0.2) is 0 Å². The summed E-state index contributed by atoms with van der Waals surface area (Å²) >= 11 is 2.06. The van der Waals surface area contributed by atoms with Crippen molar-refractivity contribution in [3.63, 3.8) is 0 Å². The summed E-state index contributed by atoms with van der Waals surface area (Å²) in [6, 6.07) is 7.76. The van der Waals surface area contributed by atoms with Gasteiger partial charge in [0, 0.05) is 11.8 Å². The number of hydrogen-bond donors (Lipinski definition) is 1. The van der Waals surface area contributed by atoms with Crippen molar-refractivity contribution in [2.75, 3.05) is 12.3 Å². The first-order valence-corrected chi connectivity index (χ1v) is 8.69. The third-order valence-corrected chi connectivity index (χ3v) is 5.03. The third kappa shape index (κ3) is 4.54. The SMILES string of the molecule is CCNC(CSC(C)C)Cc1ccc2c(c1)CCC2. The molecule has 19 heavy (non-hydrogen) atoms. The van der Waals surface area contributed by atoms with Gasteiger partial charge in [0.1, 0.15) is 0 Å². The molecule has 0 heterocycles. The van der Waals surface area contributed by atoms with Crippen LogP contribution in [0.2, 0.25) is 0 Å². The predicted octanol–water partition coefficient (Wildman–Crippen LogP) is 3.84. The Morgan fingerprint density at radius 2 is 2.00 bits per heavy atom. The minimum atomic E-state index is 0.608. The van der Waals surface area contributed by atoms with Gasteiger partial charge in [0.25, 0.3) is 0 Å². The molecule has 0 fully saturated rings. The second-order valence-electron chi connectivity index (χ2n) is 5.80. The van der Waals surface area contributed by atoms with Crippen molar-refractivity contribution in [1.29, 1.82) is 0 Å². The molecule has 0 aliphatic heterocycles. The van der Waals surface area contributed by atoms with Gasteiger partial charge in [0.15, 0.2) is 0 Å². The molecule has 1 nitrogen and oxygen atoms in total. The summed E-state index contributed by atoms with van der Waals surface area (Å²) in [7, 11) is 0. The maximum atomic E-state index is 3.63. The number of fused-ring (bicyclic) bond motifs is 1. The maximum Gasteiger partial charge on any atom is 0.0198 e. The Hall–Kier alpha value is -0.470. The van der Waals surface area contributed by atoms with Gasteiger partial charge in [0.05, 0.1) is 0 Å². The predicted molar refractivity (Wildman–Crippen MR) is 87.2 cm³/mol. The Labute approximate surface area is 122 Å². The van der Waals surface area contributed by atoms with Gasteiger partial charge in [-0.15, -0.1) is 0 Å². The Morgan fingerprint density at radius 3 is 2.74 bits per heavy atom. The average Bonchev–Trinajstić information content (AvgIpc) is 2.83. The fourth-order valence-corrected chi connectivity index (χ4v) is 3.68. The molecule has 0 amide bonds. The topological polar surface area (TPSA) is 12.0 Å². The number of hydrogen-bond acceptors (Lipinski definition) is 2. The second-order valence-corrected chi connectivity index (χ2v) is 7.41. The van der Waals surface area contributed by atoms with E-state index in [1.807, 2.05) is 0 Å². The molecule has 0 radical (unpaired) electrons. The van der Waals surface area contributed by atoms with Crippen LogP contribution in [-0.2, 0) is 19.3 Å². The number of aryl methyl sites for hydroxylation is 2. The normalized spacial score (nSPS) is 15.8. The minimum absolute atomic E-state index is 0.608. The van der Waals surface area contributed by atoms with E-state index in [1.54, 1.807) is 11.1 Å². The zero-order valence-electron chi connectivity index (χ0n) is 12.5. The summed E-state index contributed by atoms with van der Waals surface area (Å²) in [5.41, 5.74) is 4.69. The maximum absolute atomic E-state index is 3.63. The van der Waals surface area contributed by atoms with Gasteiger partial charge < -0.3 is 5.32 Å². The zero-order chi connectivity index (χ0) is 13.7. The van der Waals surface area contributed by atoms with E-state index >= 15 is 0 Å². The summed E-state index contributed by atoms with van der Waals surface area (Å²) in [4.78, 5) is 0. The quantitative estimate of drug-likeness (QED) is 0.813. The minimum Gasteiger partial charge on any atom is -0.313 e. The van der Waals surface area contributed by atoms with Crippen LogP contribution >= 0.6 is 11.8 Å². The highest BCUT2D eigenvalue weighted by Crippen LogP contribution is 2.23. The fourth-order valence-electron chi connectivity index (χ4n) is 2.82. The molecule has 1 N–H and O–H groups in total. The summed E-state index contributed by atoms with van der Waals surface area (Å²) in [5.74, 6) is 1.21. The Morgan fingerprint density at radius 1 is 1.21 bits per heavy atom. The van der Waals surface area contributed by atoms with E-state index in [2.05, 4.69) is 56.0 Å². The molecule has 2 heteroatoms. The lowest BCUT2D eigenvalue weighted by Crippen LogP contribution is -2.33. The monoisotopic (exact) mass is 277 g/mol. The molecular formula is C17H27NS. The lowest BCUT2D eigenvalue weighted by atomic mass is 10.0. The van der Waals surface area contributed by atoms with Crippen molar-refractivity contribution in [1.82, 2.24) is 5.32 Å². The van der Waals surface area contributed by atoms with Crippen LogP contribution in [0.5, 0.6) is 0 Å². The smallest absolute Gasteiger partial charge is 0.0198 e. The first-order chi connectivity index (χ1) is 9.19. The Balaban J connectivity index is 1.96. The van der Waals surface area contributed by atoms with Crippen LogP contribution < -0.4 is 5.32 Å². The number of benzene rings is 1. The molecule has 1 aromatic rings. The molecule has 0 bridgehead atoms. The van der Waals surface area contributed by atoms with Crippen LogP contribution in [0.1, 0.15) is 43.9 Å². The van der Waals surface area contributed by atoms with Crippen molar-refractivity contribution < 1.29 is 0 Å². The van der Waals surface area contributed by atoms with Crippen molar-refractivity contribution in [2.24, 2.45) is 0 Å². The summed E-state index contributed by atoms with van der Waals surface area (Å²) < 4.78 is 0. The van der Waals surface area contributed by atoms with E-state index in [-0.39, 0.29) is 0 Å². The van der Waals surface area contributed by atoms with E-state index in [1.165, 1.54) is 37.0 Å². The molecule has 1 aliphatic rings. The van der Waals surface area contributed by atoms with Crippen LogP contribution in [0.4, 0.5) is 0 Å². The molecule has 0 saturated carbocycles. The van der Waals surface area contributed by atoms with Crippen LogP contribution in [0.15, 0.2) is 18.2 Å². The highest BCUT2D eigenvalue weighted by atomic mass is 32.2. The lowest BCUT2D eigenvalue weighted by Gasteiger charge is -2.19. The van der Waals surface area contributed by atoms with Crippen LogP contribution in [0.25, 0.3) is 0 Å². The highest BCUT2D eigenvalue weighted by Gasteiger charge is 2.14. The van der Waals surface area contributed by atoms with Gasteiger partial charge in [-0.3, -0.25) is 0 Å². The second kappa shape index (κ2) is 7.35. The first kappa shape index (κ1) is 14.9. The molecule has 1 aliphatic carbocycles. The standard InChI is InChI=1S/C17H27NS/c1-4-18-17(12-19-13(2)3)11-14-8-9-15-6-5-7-16(15)10-14/h8-10,13,17-18H,4-7,11-12H2,1-3H3. The number of likely N-dealkylation sites (N-methyl/N-ethyl adjacent to an activating group) is 1. The molecule has 106 valence electrons. The Kier molecular flexibility index (Phi) is 5.77. The summed E-state index contributed by atoms with van der Waals surface area (Å²) in [5, 5.41) is 4.36. The molecule has 1 unspecified atom stereocenters. The van der Waals surface area contributed by atoms with Crippen LogP contribution in [0.3, 0.4) is 0 Å². The van der Waals surface area contributed by atoms with Gasteiger partial charge in [-0.2, -0.15) is 11.8 Å². The molecule has 0 spiro atoms. The Bertz CT molecular complexity index is 400. The van der Waals surface area contributed by atoms with Crippen molar-refractivity contribution in [2.45, 2.75) is 57.7 Å². The highest BCUT2D eigenvalue weighted by molar-refractivity contribution is 7.99. The van der Waals surface area contributed by atoms with Crippen LogP contribution in [-0.4, -0.2) is 23.6 Å². The van der Waals surface area contributed by atoms with E-state index in [0.717, 1.165) is 11.8 Å². The van der Waals surface area contributed by atoms with Crippen molar-refractivity contribution in [3.05, 3.63) is 34.9 Å². The summed E-state index contributed by atoms with van der Waals surface area (Å²) in [6.45, 7) is 7.83. The number of rotatable bonds is 7. The third-order valence-electron chi connectivity index (χ3n) is 3.77. The molecule has 2 rings (SSSR count). The molecule has 0 saturated heterocycles. The summed E-state index contributed by atoms with van der Waals surface area (Å²) in [6.07, 6.45) is 5.09. The van der Waals surface area contributed by atoms with Gasteiger partial charge in [-0.1, -0.05) is 39.0 Å². The lowest BCUT2D eigenvalue weighted by molar-refractivity contribution is 0.572. The molecule has 1 atom stereocenters. The van der Waals surface area contributed by atoms with Gasteiger partial charge in [-0.05, 0) is 54.2 Å². The fraction of sp³-hybridized carbons (Fsp3) is 0.647. The average molecular weight is 277 g/mol. The largest absolute Gasteiger partial charge is 0.313 e.